The number of nitrogens with one attached hydrogen (secondary N) is 1. The summed E-state index contributed by atoms with van der Waals surface area (Å²) in [5.74, 6) is 0.600. The van der Waals surface area contributed by atoms with Crippen molar-refractivity contribution in [3.8, 4) is 0 Å². The van der Waals surface area contributed by atoms with Gasteiger partial charge >= 0.3 is 5.69 Å². The number of hydrogen-bond acceptors (Lipinski definition) is 2. The SMILES string of the molecule is I.NC(=NCCn1c(=O)[nH]c2ccccc21)N1CCCCC1. The molecule has 3 N–H and O–H groups in total. The highest BCUT2D eigenvalue weighted by Gasteiger charge is 2.11. The molecule has 1 aliphatic heterocycles. The van der Waals surface area contributed by atoms with Gasteiger partial charge < -0.3 is 15.6 Å². The van der Waals surface area contributed by atoms with Crippen LogP contribution in [0, 0.1) is 0 Å². The number of guanidine groups is 1. The van der Waals surface area contributed by atoms with Crippen LogP contribution in [0.25, 0.3) is 11.0 Å². The predicted molar refractivity (Wildman–Crippen MR) is 99.9 cm³/mol. The third-order valence-corrected chi connectivity index (χ3v) is 3.96. The minimum absolute atomic E-state index is 0. The molecule has 0 bridgehead atoms. The Kier molecular flexibility index (Phi) is 5.87. The fourth-order valence-electron chi connectivity index (χ4n) is 2.82. The van der Waals surface area contributed by atoms with Crippen molar-refractivity contribution in [2.45, 2.75) is 25.8 Å². The number of likely N-dealkylation sites (tertiary alicyclic amines) is 1. The van der Waals surface area contributed by atoms with Crippen LogP contribution >= 0.6 is 24.0 Å². The molecule has 1 fully saturated rings. The van der Waals surface area contributed by atoms with E-state index in [1.165, 1.54) is 19.3 Å². The zero-order valence-corrected chi connectivity index (χ0v) is 14.8. The second kappa shape index (κ2) is 7.66. The second-order valence-corrected chi connectivity index (χ2v) is 5.39. The summed E-state index contributed by atoms with van der Waals surface area (Å²) in [5.41, 5.74) is 7.69. The molecule has 22 heavy (non-hydrogen) atoms. The number of hydrogen-bond donors (Lipinski definition) is 2. The van der Waals surface area contributed by atoms with E-state index in [2.05, 4.69) is 14.9 Å². The van der Waals surface area contributed by atoms with Crippen LogP contribution in [-0.4, -0.2) is 40.0 Å². The van der Waals surface area contributed by atoms with Gasteiger partial charge in [-0.25, -0.2) is 4.79 Å². The van der Waals surface area contributed by atoms with Gasteiger partial charge in [0.2, 0.25) is 0 Å². The molecule has 0 radical (unpaired) electrons. The molecule has 2 heterocycles. The van der Waals surface area contributed by atoms with Crippen LogP contribution in [0.2, 0.25) is 0 Å². The second-order valence-electron chi connectivity index (χ2n) is 5.39. The Bertz CT molecular complexity index is 699. The van der Waals surface area contributed by atoms with E-state index in [1.807, 2.05) is 24.3 Å². The maximum absolute atomic E-state index is 11.9. The number of fused-ring (bicyclic) bond motifs is 1. The van der Waals surface area contributed by atoms with E-state index in [-0.39, 0.29) is 29.7 Å². The molecular weight excluding hydrogens is 393 g/mol. The van der Waals surface area contributed by atoms with E-state index in [1.54, 1.807) is 4.57 Å². The van der Waals surface area contributed by atoms with E-state index < -0.39 is 0 Å². The van der Waals surface area contributed by atoms with Gasteiger partial charge in [-0.3, -0.25) is 9.56 Å². The summed E-state index contributed by atoms with van der Waals surface area (Å²) in [7, 11) is 0. The minimum Gasteiger partial charge on any atom is -0.370 e. The lowest BCUT2D eigenvalue weighted by Crippen LogP contribution is -2.41. The van der Waals surface area contributed by atoms with Gasteiger partial charge in [0.25, 0.3) is 0 Å². The van der Waals surface area contributed by atoms with Crippen LogP contribution in [-0.2, 0) is 6.54 Å². The van der Waals surface area contributed by atoms with Crippen molar-refractivity contribution in [2.75, 3.05) is 19.6 Å². The van der Waals surface area contributed by atoms with Crippen LogP contribution in [0.15, 0.2) is 34.1 Å². The van der Waals surface area contributed by atoms with Crippen molar-refractivity contribution in [3.05, 3.63) is 34.7 Å². The van der Waals surface area contributed by atoms with E-state index in [4.69, 9.17) is 5.73 Å². The van der Waals surface area contributed by atoms with Gasteiger partial charge in [0.15, 0.2) is 5.96 Å². The molecule has 6 nitrogen and oxygen atoms in total. The first kappa shape index (κ1) is 16.9. The lowest BCUT2D eigenvalue weighted by atomic mass is 10.1. The topological polar surface area (TPSA) is 79.4 Å². The van der Waals surface area contributed by atoms with Crippen molar-refractivity contribution >= 4 is 41.0 Å². The fraction of sp³-hybridized carbons (Fsp3) is 0.467. The Morgan fingerprint density at radius 2 is 1.95 bits per heavy atom. The van der Waals surface area contributed by atoms with E-state index in [9.17, 15) is 4.79 Å². The van der Waals surface area contributed by atoms with Crippen LogP contribution in [0.5, 0.6) is 0 Å². The van der Waals surface area contributed by atoms with E-state index >= 15 is 0 Å². The summed E-state index contributed by atoms with van der Waals surface area (Å²) in [6, 6.07) is 7.68. The lowest BCUT2D eigenvalue weighted by molar-refractivity contribution is 0.338. The maximum Gasteiger partial charge on any atom is 0.326 e. The molecular formula is C15H22IN5O. The monoisotopic (exact) mass is 415 g/mol. The third kappa shape index (κ3) is 3.63. The fourth-order valence-corrected chi connectivity index (χ4v) is 2.82. The van der Waals surface area contributed by atoms with Gasteiger partial charge in [-0.1, -0.05) is 12.1 Å². The zero-order chi connectivity index (χ0) is 14.7. The molecule has 1 aromatic heterocycles. The average Bonchev–Trinajstić information content (AvgIpc) is 2.84. The first-order valence-electron chi connectivity index (χ1n) is 7.48. The minimum atomic E-state index is -0.0945. The van der Waals surface area contributed by atoms with Gasteiger partial charge in [0.05, 0.1) is 17.6 Å². The van der Waals surface area contributed by atoms with Crippen LogP contribution in [0.3, 0.4) is 0 Å². The summed E-state index contributed by atoms with van der Waals surface area (Å²) in [6.07, 6.45) is 3.63. The lowest BCUT2D eigenvalue weighted by Gasteiger charge is -2.27. The van der Waals surface area contributed by atoms with Crippen molar-refractivity contribution in [3.63, 3.8) is 0 Å². The van der Waals surface area contributed by atoms with Crippen molar-refractivity contribution in [1.29, 1.82) is 0 Å². The number of nitrogens with zero attached hydrogens (tertiary/aromatic N) is 3. The number of aliphatic imine (C=N–C) groups is 1. The Morgan fingerprint density at radius 3 is 2.73 bits per heavy atom. The molecule has 0 amide bonds. The van der Waals surface area contributed by atoms with Gasteiger partial charge in [-0.05, 0) is 31.4 Å². The third-order valence-electron chi connectivity index (χ3n) is 3.96. The maximum atomic E-state index is 11.9. The number of benzene rings is 1. The number of halogens is 1. The molecule has 120 valence electrons. The molecule has 1 aliphatic rings. The molecule has 2 aromatic rings. The molecule has 0 saturated carbocycles. The quantitative estimate of drug-likeness (QED) is 0.456. The molecule has 7 heteroatoms. The summed E-state index contributed by atoms with van der Waals surface area (Å²) in [6.45, 7) is 3.03. The molecule has 3 rings (SSSR count). The Labute approximate surface area is 146 Å². The highest BCUT2D eigenvalue weighted by atomic mass is 127. The number of piperidine rings is 1. The molecule has 1 aromatic carbocycles. The van der Waals surface area contributed by atoms with Gasteiger partial charge in [0, 0.05) is 19.6 Å². The summed E-state index contributed by atoms with van der Waals surface area (Å²) in [5, 5.41) is 0. The Morgan fingerprint density at radius 1 is 1.23 bits per heavy atom. The van der Waals surface area contributed by atoms with E-state index in [0.29, 0.717) is 19.0 Å². The van der Waals surface area contributed by atoms with Crippen molar-refractivity contribution in [2.24, 2.45) is 10.7 Å². The Balaban J connectivity index is 0.00000176. The average molecular weight is 415 g/mol. The highest BCUT2D eigenvalue weighted by Crippen LogP contribution is 2.09. The largest absolute Gasteiger partial charge is 0.370 e. The number of nitrogens with two attached hydrogens (primary N) is 1. The van der Waals surface area contributed by atoms with Crippen molar-refractivity contribution < 1.29 is 0 Å². The van der Waals surface area contributed by atoms with Gasteiger partial charge in [-0.15, -0.1) is 24.0 Å². The first-order valence-corrected chi connectivity index (χ1v) is 7.48. The highest BCUT2D eigenvalue weighted by molar-refractivity contribution is 14.0. The number of aromatic amines is 1. The number of H-pyrrole nitrogens is 1. The number of aromatic nitrogens is 2. The number of rotatable bonds is 3. The van der Waals surface area contributed by atoms with Crippen LogP contribution in [0.4, 0.5) is 0 Å². The summed E-state index contributed by atoms with van der Waals surface area (Å²) in [4.78, 5) is 21.3. The van der Waals surface area contributed by atoms with Gasteiger partial charge in [0.1, 0.15) is 0 Å². The standard InChI is InChI=1S/C15H21N5O.HI/c16-14(19-9-4-1-5-10-19)17-8-11-20-13-7-3-2-6-12(13)18-15(20)21;/h2-3,6-7H,1,4-5,8-11H2,(H2,16,17)(H,18,21);1H. The zero-order valence-electron chi connectivity index (χ0n) is 12.5. The van der Waals surface area contributed by atoms with Gasteiger partial charge in [-0.2, -0.15) is 0 Å². The molecule has 0 atom stereocenters. The smallest absolute Gasteiger partial charge is 0.326 e. The number of para-hydroxylation sites is 2. The first-order chi connectivity index (χ1) is 10.3. The van der Waals surface area contributed by atoms with Crippen molar-refractivity contribution in [1.82, 2.24) is 14.5 Å². The molecule has 0 unspecified atom stereocenters. The molecule has 0 spiro atoms. The number of imidazole rings is 1. The summed E-state index contributed by atoms with van der Waals surface area (Å²) >= 11 is 0. The van der Waals surface area contributed by atoms with Crippen LogP contribution < -0.4 is 11.4 Å². The summed E-state index contributed by atoms with van der Waals surface area (Å²) < 4.78 is 1.71. The molecule has 0 aliphatic carbocycles. The molecule has 1 saturated heterocycles. The van der Waals surface area contributed by atoms with E-state index in [0.717, 1.165) is 24.1 Å². The normalized spacial score (nSPS) is 15.8. The predicted octanol–water partition coefficient (Wildman–Crippen LogP) is 1.75. The Hall–Kier alpha value is -1.51. The van der Waals surface area contributed by atoms with Crippen LogP contribution in [0.1, 0.15) is 19.3 Å².